The van der Waals surface area contributed by atoms with E-state index >= 15 is 0 Å². The molecule has 1 aliphatic heterocycles. The summed E-state index contributed by atoms with van der Waals surface area (Å²) in [5.41, 5.74) is 0.857. The maximum Gasteiger partial charge on any atom is 0.159 e. The van der Waals surface area contributed by atoms with E-state index in [4.69, 9.17) is 0 Å². The summed E-state index contributed by atoms with van der Waals surface area (Å²) < 4.78 is 25.8. The van der Waals surface area contributed by atoms with Crippen molar-refractivity contribution in [2.45, 2.75) is 31.7 Å². The molecule has 0 aliphatic carbocycles. The van der Waals surface area contributed by atoms with Gasteiger partial charge in [-0.2, -0.15) is 0 Å². The average Bonchev–Trinajstić information content (AvgIpc) is 2.50. The highest BCUT2D eigenvalue weighted by molar-refractivity contribution is 5.85. The molecule has 0 aromatic heterocycles. The lowest BCUT2D eigenvalue weighted by atomic mass is 10.0. The molecule has 0 amide bonds. The third-order valence-electron chi connectivity index (χ3n) is 2.91. The summed E-state index contributed by atoms with van der Waals surface area (Å²) in [6, 6.07) is 4.36. The van der Waals surface area contributed by atoms with Crippen molar-refractivity contribution < 1.29 is 8.78 Å². The highest BCUT2D eigenvalue weighted by atomic mass is 35.5. The summed E-state index contributed by atoms with van der Waals surface area (Å²) in [6.45, 7) is 0.962. The molecule has 1 aromatic rings. The Kier molecular flexibility index (Phi) is 5.16. The Balaban J connectivity index is 0.00000128. The van der Waals surface area contributed by atoms with E-state index in [2.05, 4.69) is 5.32 Å². The van der Waals surface area contributed by atoms with Crippen LogP contribution in [0.25, 0.3) is 0 Å². The largest absolute Gasteiger partial charge is 0.310 e. The van der Waals surface area contributed by atoms with Gasteiger partial charge in [0.1, 0.15) is 0 Å². The molecule has 0 radical (unpaired) electrons. The summed E-state index contributed by atoms with van der Waals surface area (Å²) in [6.07, 6.45) is 4.54. The van der Waals surface area contributed by atoms with E-state index in [0.29, 0.717) is 0 Å². The lowest BCUT2D eigenvalue weighted by Crippen LogP contribution is -2.20. The molecule has 1 heterocycles. The van der Waals surface area contributed by atoms with Crippen LogP contribution in [0.2, 0.25) is 0 Å². The Hall–Kier alpha value is -0.670. The van der Waals surface area contributed by atoms with Gasteiger partial charge in [-0.05, 0) is 37.1 Å². The molecule has 2 rings (SSSR count). The van der Waals surface area contributed by atoms with Crippen molar-refractivity contribution in [3.63, 3.8) is 0 Å². The first kappa shape index (κ1) is 13.4. The molecule has 0 spiro atoms. The molecule has 1 N–H and O–H groups in total. The molecule has 1 atom stereocenters. The summed E-state index contributed by atoms with van der Waals surface area (Å²) >= 11 is 0. The molecule has 1 aliphatic rings. The second-order valence-electron chi connectivity index (χ2n) is 4.03. The van der Waals surface area contributed by atoms with Gasteiger partial charge >= 0.3 is 0 Å². The quantitative estimate of drug-likeness (QED) is 0.800. The molecular weight excluding hydrogens is 232 g/mol. The second kappa shape index (κ2) is 6.16. The van der Waals surface area contributed by atoms with Gasteiger partial charge < -0.3 is 5.32 Å². The van der Waals surface area contributed by atoms with E-state index in [1.165, 1.54) is 25.0 Å². The van der Waals surface area contributed by atoms with E-state index in [9.17, 15) is 8.78 Å². The number of nitrogens with one attached hydrogen (secondary N) is 1. The van der Waals surface area contributed by atoms with E-state index in [0.717, 1.165) is 24.9 Å². The minimum absolute atomic E-state index is 0. The van der Waals surface area contributed by atoms with Gasteiger partial charge in [-0.15, -0.1) is 12.4 Å². The standard InChI is InChI=1S/C12H15F2N.ClH/c13-10-6-5-9(8-11(10)14)12-4-2-1-3-7-15-12;/h5-6,8,12,15H,1-4,7H2;1H. The van der Waals surface area contributed by atoms with Crippen LogP contribution in [0, 0.1) is 11.6 Å². The normalized spacial score (nSPS) is 21.0. The second-order valence-corrected chi connectivity index (χ2v) is 4.03. The number of rotatable bonds is 1. The zero-order valence-electron chi connectivity index (χ0n) is 9.01. The molecule has 0 bridgehead atoms. The minimum atomic E-state index is -0.771. The number of hydrogen-bond donors (Lipinski definition) is 1. The Labute approximate surface area is 101 Å². The highest BCUT2D eigenvalue weighted by Gasteiger charge is 2.14. The van der Waals surface area contributed by atoms with Crippen molar-refractivity contribution in [1.29, 1.82) is 0 Å². The number of halogens is 3. The molecule has 1 unspecified atom stereocenters. The Bertz CT molecular complexity index is 336. The fourth-order valence-corrected chi connectivity index (χ4v) is 2.04. The van der Waals surface area contributed by atoms with E-state index in [1.54, 1.807) is 6.07 Å². The fourth-order valence-electron chi connectivity index (χ4n) is 2.04. The third-order valence-corrected chi connectivity index (χ3v) is 2.91. The maximum absolute atomic E-state index is 13.0. The molecule has 1 aromatic carbocycles. The maximum atomic E-state index is 13.0. The van der Waals surface area contributed by atoms with Crippen LogP contribution in [0.4, 0.5) is 8.78 Å². The highest BCUT2D eigenvalue weighted by Crippen LogP contribution is 2.23. The number of hydrogen-bond acceptors (Lipinski definition) is 1. The number of benzene rings is 1. The first-order chi connectivity index (χ1) is 7.27. The summed E-state index contributed by atoms with van der Waals surface area (Å²) in [4.78, 5) is 0. The summed E-state index contributed by atoms with van der Waals surface area (Å²) in [5, 5.41) is 3.36. The predicted octanol–water partition coefficient (Wildman–Crippen LogP) is 3.59. The van der Waals surface area contributed by atoms with E-state index < -0.39 is 11.6 Å². The summed E-state index contributed by atoms with van der Waals surface area (Å²) in [7, 11) is 0. The van der Waals surface area contributed by atoms with Gasteiger partial charge in [-0.1, -0.05) is 18.9 Å². The fraction of sp³-hybridized carbons (Fsp3) is 0.500. The lowest BCUT2D eigenvalue weighted by Gasteiger charge is -2.16. The van der Waals surface area contributed by atoms with Crippen molar-refractivity contribution in [2.75, 3.05) is 6.54 Å². The van der Waals surface area contributed by atoms with Crippen LogP contribution in [0.1, 0.15) is 37.3 Å². The van der Waals surface area contributed by atoms with Crippen molar-refractivity contribution >= 4 is 12.4 Å². The van der Waals surface area contributed by atoms with E-state index in [1.807, 2.05) is 0 Å². The van der Waals surface area contributed by atoms with Crippen LogP contribution in [-0.2, 0) is 0 Å². The first-order valence-electron chi connectivity index (χ1n) is 5.46. The summed E-state index contributed by atoms with van der Waals surface area (Å²) in [5.74, 6) is -1.52. The Morgan fingerprint density at radius 2 is 1.88 bits per heavy atom. The lowest BCUT2D eigenvalue weighted by molar-refractivity contribution is 0.494. The Morgan fingerprint density at radius 3 is 2.62 bits per heavy atom. The first-order valence-corrected chi connectivity index (χ1v) is 5.46. The van der Waals surface area contributed by atoms with Gasteiger partial charge in [0.2, 0.25) is 0 Å². The van der Waals surface area contributed by atoms with Gasteiger partial charge in [0.05, 0.1) is 0 Å². The van der Waals surface area contributed by atoms with Gasteiger partial charge in [-0.25, -0.2) is 8.78 Å². The SMILES string of the molecule is Cl.Fc1ccc(C2CCCCCN2)cc1F. The van der Waals surface area contributed by atoms with Crippen LogP contribution in [-0.4, -0.2) is 6.54 Å². The molecular formula is C12H16ClF2N. The van der Waals surface area contributed by atoms with Crippen molar-refractivity contribution in [2.24, 2.45) is 0 Å². The van der Waals surface area contributed by atoms with Crippen molar-refractivity contribution in [3.8, 4) is 0 Å². The van der Waals surface area contributed by atoms with Gasteiger partial charge in [0.25, 0.3) is 0 Å². The smallest absolute Gasteiger partial charge is 0.159 e. The minimum Gasteiger partial charge on any atom is -0.310 e. The zero-order chi connectivity index (χ0) is 10.7. The molecule has 1 fully saturated rings. The van der Waals surface area contributed by atoms with Crippen LogP contribution < -0.4 is 5.32 Å². The molecule has 1 nitrogen and oxygen atoms in total. The van der Waals surface area contributed by atoms with E-state index in [-0.39, 0.29) is 18.4 Å². The Morgan fingerprint density at radius 1 is 1.06 bits per heavy atom. The molecule has 0 saturated carbocycles. The topological polar surface area (TPSA) is 12.0 Å². The predicted molar refractivity (Wildman–Crippen MR) is 62.8 cm³/mol. The van der Waals surface area contributed by atoms with Gasteiger partial charge in [0.15, 0.2) is 11.6 Å². The molecule has 16 heavy (non-hydrogen) atoms. The van der Waals surface area contributed by atoms with Crippen LogP contribution in [0.5, 0.6) is 0 Å². The van der Waals surface area contributed by atoms with Gasteiger partial charge in [0, 0.05) is 6.04 Å². The molecule has 90 valence electrons. The van der Waals surface area contributed by atoms with Crippen molar-refractivity contribution in [3.05, 3.63) is 35.4 Å². The van der Waals surface area contributed by atoms with Crippen molar-refractivity contribution in [1.82, 2.24) is 5.32 Å². The van der Waals surface area contributed by atoms with Crippen LogP contribution >= 0.6 is 12.4 Å². The third kappa shape index (κ3) is 3.16. The monoisotopic (exact) mass is 247 g/mol. The average molecular weight is 248 g/mol. The zero-order valence-corrected chi connectivity index (χ0v) is 9.83. The molecule has 1 saturated heterocycles. The molecule has 4 heteroatoms. The van der Waals surface area contributed by atoms with Gasteiger partial charge in [-0.3, -0.25) is 0 Å². The van der Waals surface area contributed by atoms with Crippen LogP contribution in [0.15, 0.2) is 18.2 Å². The van der Waals surface area contributed by atoms with Crippen LogP contribution in [0.3, 0.4) is 0 Å².